The highest BCUT2D eigenvalue weighted by Gasteiger charge is 2.19. The summed E-state index contributed by atoms with van der Waals surface area (Å²) in [7, 11) is 0. The van der Waals surface area contributed by atoms with Crippen LogP contribution in [0.25, 0.3) is 11.3 Å². The number of halogens is 1. The summed E-state index contributed by atoms with van der Waals surface area (Å²) in [5, 5.41) is 12.9. The number of benzene rings is 2. The summed E-state index contributed by atoms with van der Waals surface area (Å²) in [5.74, 6) is 1.06. The van der Waals surface area contributed by atoms with Crippen LogP contribution in [0, 0.1) is 17.1 Å². The van der Waals surface area contributed by atoms with Crippen molar-refractivity contribution < 1.29 is 18.6 Å². The highest BCUT2D eigenvalue weighted by Crippen LogP contribution is 2.28. The highest BCUT2D eigenvalue weighted by molar-refractivity contribution is 5.64. The van der Waals surface area contributed by atoms with Gasteiger partial charge in [-0.15, -0.1) is 0 Å². The maximum atomic E-state index is 14.3. The lowest BCUT2D eigenvalue weighted by Crippen LogP contribution is -2.26. The van der Waals surface area contributed by atoms with Gasteiger partial charge >= 0.3 is 0 Å². The summed E-state index contributed by atoms with van der Waals surface area (Å²) in [6.45, 7) is 2.95. The Bertz CT molecular complexity index is 1220. The zero-order valence-corrected chi connectivity index (χ0v) is 19.4. The van der Waals surface area contributed by atoms with Gasteiger partial charge in [0.1, 0.15) is 29.9 Å². The zero-order valence-electron chi connectivity index (χ0n) is 19.4. The molecule has 1 N–H and O–H groups in total. The molecule has 0 amide bonds. The van der Waals surface area contributed by atoms with Gasteiger partial charge in [0.05, 0.1) is 24.5 Å². The first-order chi connectivity index (χ1) is 17.2. The molecule has 0 aliphatic carbocycles. The van der Waals surface area contributed by atoms with Crippen molar-refractivity contribution in [3.8, 4) is 28.8 Å². The van der Waals surface area contributed by atoms with Crippen LogP contribution >= 0.6 is 0 Å². The third-order valence-corrected chi connectivity index (χ3v) is 6.23. The summed E-state index contributed by atoms with van der Waals surface area (Å²) >= 11 is 0. The van der Waals surface area contributed by atoms with Crippen molar-refractivity contribution in [2.75, 3.05) is 26.3 Å². The van der Waals surface area contributed by atoms with E-state index in [0.717, 1.165) is 43.5 Å². The van der Waals surface area contributed by atoms with Gasteiger partial charge in [0.25, 0.3) is 0 Å². The van der Waals surface area contributed by atoms with E-state index in [1.165, 1.54) is 6.07 Å². The third kappa shape index (κ3) is 5.76. The summed E-state index contributed by atoms with van der Waals surface area (Å²) in [4.78, 5) is 9.09. The molecule has 2 aliphatic rings. The summed E-state index contributed by atoms with van der Waals surface area (Å²) in [6, 6.07) is 14.4. The molecule has 0 bridgehead atoms. The first-order valence-electron chi connectivity index (χ1n) is 11.9. The van der Waals surface area contributed by atoms with Gasteiger partial charge in [-0.25, -0.2) is 14.4 Å². The summed E-state index contributed by atoms with van der Waals surface area (Å²) in [6.07, 6.45) is 4.66. The van der Waals surface area contributed by atoms with Gasteiger partial charge in [-0.2, -0.15) is 5.26 Å². The van der Waals surface area contributed by atoms with E-state index in [9.17, 15) is 9.65 Å². The summed E-state index contributed by atoms with van der Waals surface area (Å²) < 4.78 is 31.6. The first-order valence-corrected chi connectivity index (χ1v) is 11.9. The molecule has 0 radical (unpaired) electrons. The lowest BCUT2D eigenvalue weighted by molar-refractivity contribution is 0.0254. The number of nitrogens with zero attached hydrogens (tertiary/aromatic N) is 3. The predicted molar refractivity (Wildman–Crippen MR) is 128 cm³/mol. The van der Waals surface area contributed by atoms with Crippen LogP contribution in [0.1, 0.15) is 36.2 Å². The lowest BCUT2D eigenvalue weighted by Gasteiger charge is -2.23. The van der Waals surface area contributed by atoms with Crippen LogP contribution < -0.4 is 14.8 Å². The molecule has 3 heterocycles. The van der Waals surface area contributed by atoms with Crippen molar-refractivity contribution in [1.82, 2.24) is 15.3 Å². The number of hydrogen-bond acceptors (Lipinski definition) is 7. The molecule has 3 aromatic rings. The third-order valence-electron chi connectivity index (χ3n) is 6.23. The van der Waals surface area contributed by atoms with Crippen molar-refractivity contribution in [2.24, 2.45) is 0 Å². The maximum Gasteiger partial charge on any atom is 0.165 e. The first kappa shape index (κ1) is 23.2. The van der Waals surface area contributed by atoms with E-state index in [2.05, 4.69) is 16.4 Å². The van der Waals surface area contributed by atoms with E-state index in [4.69, 9.17) is 19.2 Å². The number of rotatable bonds is 7. The molecule has 8 heteroatoms. The fraction of sp³-hybridized carbons (Fsp3) is 0.370. The zero-order chi connectivity index (χ0) is 24.0. The Morgan fingerprint density at radius 1 is 1.03 bits per heavy atom. The molecule has 35 heavy (non-hydrogen) atoms. The predicted octanol–water partition coefficient (Wildman–Crippen LogP) is 4.04. The van der Waals surface area contributed by atoms with E-state index in [1.807, 2.05) is 18.2 Å². The molecule has 1 unspecified atom stereocenters. The second-order valence-electron chi connectivity index (χ2n) is 8.78. The lowest BCUT2D eigenvalue weighted by atomic mass is 10.1. The fourth-order valence-electron chi connectivity index (χ4n) is 4.34. The normalized spacial score (nSPS) is 18.2. The van der Waals surface area contributed by atoms with Crippen molar-refractivity contribution in [1.29, 1.82) is 5.26 Å². The molecule has 2 aromatic carbocycles. The molecule has 2 saturated heterocycles. The molecular weight excluding hydrogens is 447 g/mol. The van der Waals surface area contributed by atoms with E-state index in [1.54, 1.807) is 24.4 Å². The van der Waals surface area contributed by atoms with E-state index in [0.29, 0.717) is 42.5 Å². The number of nitrogens with one attached hydrogen (secondary N) is 1. The van der Waals surface area contributed by atoms with Crippen LogP contribution in [0.4, 0.5) is 4.39 Å². The quantitative estimate of drug-likeness (QED) is 0.553. The van der Waals surface area contributed by atoms with Crippen molar-refractivity contribution in [3.63, 3.8) is 0 Å². The highest BCUT2D eigenvalue weighted by atomic mass is 19.1. The van der Waals surface area contributed by atoms with Gasteiger partial charge in [0.2, 0.25) is 0 Å². The number of nitriles is 1. The molecule has 1 aromatic heterocycles. The van der Waals surface area contributed by atoms with Crippen LogP contribution in [0.5, 0.6) is 11.5 Å². The monoisotopic (exact) mass is 474 g/mol. The number of hydrogen-bond donors (Lipinski definition) is 1. The number of ether oxygens (including phenoxy) is 3. The van der Waals surface area contributed by atoms with Gasteiger partial charge in [0.15, 0.2) is 11.6 Å². The Balaban J connectivity index is 1.32. The average molecular weight is 475 g/mol. The largest absolute Gasteiger partial charge is 0.489 e. The molecule has 5 rings (SSSR count). The SMILES string of the molecule is N#Cc1cc(-c2ccnc(Cc3ccc(F)c(OC4CCNC4)c3)n2)ccc1OC1CCOCC1. The average Bonchev–Trinajstić information content (AvgIpc) is 3.40. The van der Waals surface area contributed by atoms with Gasteiger partial charge in [-0.3, -0.25) is 0 Å². The smallest absolute Gasteiger partial charge is 0.165 e. The van der Waals surface area contributed by atoms with Gasteiger partial charge in [-0.05, 0) is 54.9 Å². The maximum absolute atomic E-state index is 14.3. The molecule has 1 atom stereocenters. The second kappa shape index (κ2) is 10.8. The summed E-state index contributed by atoms with van der Waals surface area (Å²) in [5.41, 5.74) is 2.85. The Morgan fingerprint density at radius 2 is 1.89 bits per heavy atom. The Labute approximate surface area is 203 Å². The topological polar surface area (TPSA) is 89.3 Å². The minimum atomic E-state index is -0.373. The van der Waals surface area contributed by atoms with E-state index in [-0.39, 0.29) is 23.8 Å². The Kier molecular flexibility index (Phi) is 7.17. The van der Waals surface area contributed by atoms with Gasteiger partial charge in [-0.1, -0.05) is 6.07 Å². The Hall–Kier alpha value is -3.54. The van der Waals surface area contributed by atoms with Gasteiger partial charge in [0, 0.05) is 37.6 Å². The van der Waals surface area contributed by atoms with Gasteiger partial charge < -0.3 is 19.5 Å². The van der Waals surface area contributed by atoms with Crippen LogP contribution in [0.3, 0.4) is 0 Å². The van der Waals surface area contributed by atoms with Crippen LogP contribution in [-0.2, 0) is 11.2 Å². The minimum absolute atomic E-state index is 0.0212. The molecule has 2 aliphatic heterocycles. The van der Waals surface area contributed by atoms with Crippen LogP contribution in [-0.4, -0.2) is 48.5 Å². The molecule has 0 saturated carbocycles. The molecule has 2 fully saturated rings. The Morgan fingerprint density at radius 3 is 2.69 bits per heavy atom. The number of aromatic nitrogens is 2. The molecule has 0 spiro atoms. The molecule has 180 valence electrons. The van der Waals surface area contributed by atoms with E-state index >= 15 is 0 Å². The fourth-order valence-corrected chi connectivity index (χ4v) is 4.34. The van der Waals surface area contributed by atoms with Crippen molar-refractivity contribution >= 4 is 0 Å². The molecule has 7 nitrogen and oxygen atoms in total. The van der Waals surface area contributed by atoms with Crippen LogP contribution in [0.2, 0.25) is 0 Å². The van der Waals surface area contributed by atoms with Crippen molar-refractivity contribution in [3.05, 3.63) is 71.4 Å². The van der Waals surface area contributed by atoms with Crippen LogP contribution in [0.15, 0.2) is 48.7 Å². The standard InChI is InChI=1S/C27H27FN4O3/c28-23-3-1-18(13-26(23)35-22-5-9-30-17-22)14-27-31-10-6-24(32-27)19-2-4-25(20(15-19)16-29)34-21-7-11-33-12-8-21/h1-4,6,10,13,15,21-22,30H,5,7-9,11-12,14,17H2. The molecular formula is C27H27FN4O3. The van der Waals surface area contributed by atoms with Crippen molar-refractivity contribution in [2.45, 2.75) is 37.9 Å². The van der Waals surface area contributed by atoms with E-state index < -0.39 is 0 Å². The second-order valence-corrected chi connectivity index (χ2v) is 8.78. The minimum Gasteiger partial charge on any atom is -0.489 e.